The van der Waals surface area contributed by atoms with E-state index >= 15 is 0 Å². The molecule has 0 heterocycles. The average Bonchev–Trinajstić information content (AvgIpc) is 2.87. The molecule has 1 N–H and O–H groups in total. The molecular weight excluding hydrogens is 245 g/mol. The van der Waals surface area contributed by atoms with E-state index in [1.165, 1.54) is 12.1 Å². The second-order valence-corrected chi connectivity index (χ2v) is 6.35. The minimum Gasteiger partial charge on any atom is -0.444 e. The van der Waals surface area contributed by atoms with Gasteiger partial charge >= 0.3 is 6.09 Å². The van der Waals surface area contributed by atoms with E-state index in [1.54, 1.807) is 12.1 Å². The van der Waals surface area contributed by atoms with E-state index in [0.29, 0.717) is 0 Å². The molecule has 0 spiro atoms. The first kappa shape index (κ1) is 13.8. The highest BCUT2D eigenvalue weighted by Crippen LogP contribution is 2.51. The van der Waals surface area contributed by atoms with Crippen LogP contribution in [0.4, 0.5) is 9.18 Å². The maximum atomic E-state index is 12.9. The lowest BCUT2D eigenvalue weighted by molar-refractivity contribution is 0.0500. The number of hydrogen-bond acceptors (Lipinski definition) is 2. The number of rotatable bonds is 2. The Bertz CT molecular complexity index is 478. The van der Waals surface area contributed by atoms with Crippen LogP contribution in [-0.4, -0.2) is 17.2 Å². The molecule has 0 saturated heterocycles. The summed E-state index contributed by atoms with van der Waals surface area (Å²) in [7, 11) is 0. The summed E-state index contributed by atoms with van der Waals surface area (Å²) < 4.78 is 18.1. The highest BCUT2D eigenvalue weighted by molar-refractivity contribution is 5.70. The van der Waals surface area contributed by atoms with Crippen LogP contribution in [0.1, 0.15) is 45.6 Å². The summed E-state index contributed by atoms with van der Waals surface area (Å²) in [5.74, 6) is -0.0215. The van der Waals surface area contributed by atoms with E-state index in [-0.39, 0.29) is 17.3 Å². The van der Waals surface area contributed by atoms with Gasteiger partial charge in [-0.05, 0) is 51.8 Å². The monoisotopic (exact) mass is 265 g/mol. The Morgan fingerprint density at radius 1 is 1.37 bits per heavy atom. The Labute approximate surface area is 113 Å². The SMILES string of the molecule is CC(C)(C)OC(=O)N[C@]1(C)C[C@@H]1c1ccc(F)cc1. The molecule has 3 nitrogen and oxygen atoms in total. The molecule has 2 rings (SSSR count). The molecule has 1 aromatic rings. The molecular formula is C15H20FNO2. The molecule has 2 atom stereocenters. The molecule has 0 bridgehead atoms. The standard InChI is InChI=1S/C15H20FNO2/c1-14(2,3)19-13(18)17-15(4)9-12(15)10-5-7-11(16)8-6-10/h5-8,12H,9H2,1-4H3,(H,17,18)/t12-,15-/m1/s1. The number of carbonyl (C=O) groups is 1. The second-order valence-electron chi connectivity index (χ2n) is 6.35. The lowest BCUT2D eigenvalue weighted by Crippen LogP contribution is -2.39. The highest BCUT2D eigenvalue weighted by atomic mass is 19.1. The van der Waals surface area contributed by atoms with E-state index < -0.39 is 11.7 Å². The zero-order valence-electron chi connectivity index (χ0n) is 11.8. The zero-order valence-corrected chi connectivity index (χ0v) is 11.8. The van der Waals surface area contributed by atoms with Crippen molar-refractivity contribution in [3.05, 3.63) is 35.6 Å². The minimum atomic E-state index is -0.499. The lowest BCUT2D eigenvalue weighted by atomic mass is 10.1. The summed E-state index contributed by atoms with van der Waals surface area (Å²) in [4.78, 5) is 11.8. The van der Waals surface area contributed by atoms with Gasteiger partial charge in [0, 0.05) is 11.5 Å². The molecule has 0 aliphatic heterocycles. The van der Waals surface area contributed by atoms with Crippen LogP contribution in [0.25, 0.3) is 0 Å². The third kappa shape index (κ3) is 3.46. The number of amides is 1. The van der Waals surface area contributed by atoms with Gasteiger partial charge in [0.2, 0.25) is 0 Å². The predicted octanol–water partition coefficient (Wildman–Crippen LogP) is 3.60. The highest BCUT2D eigenvalue weighted by Gasteiger charge is 2.52. The lowest BCUT2D eigenvalue weighted by Gasteiger charge is -2.22. The number of benzene rings is 1. The normalized spacial score (nSPS) is 25.8. The van der Waals surface area contributed by atoms with Gasteiger partial charge in [0.05, 0.1) is 0 Å². The van der Waals surface area contributed by atoms with Crippen LogP contribution in [-0.2, 0) is 4.74 Å². The van der Waals surface area contributed by atoms with Gasteiger partial charge in [-0.15, -0.1) is 0 Å². The minimum absolute atomic E-state index is 0.223. The van der Waals surface area contributed by atoms with Crippen molar-refractivity contribution in [2.24, 2.45) is 0 Å². The smallest absolute Gasteiger partial charge is 0.408 e. The van der Waals surface area contributed by atoms with Crippen molar-refractivity contribution < 1.29 is 13.9 Å². The number of hydrogen-bond donors (Lipinski definition) is 1. The third-order valence-electron chi connectivity index (χ3n) is 3.30. The van der Waals surface area contributed by atoms with Crippen molar-refractivity contribution in [3.63, 3.8) is 0 Å². The van der Waals surface area contributed by atoms with Crippen LogP contribution in [0.15, 0.2) is 24.3 Å². The number of ether oxygens (including phenoxy) is 1. The molecule has 1 saturated carbocycles. The third-order valence-corrected chi connectivity index (χ3v) is 3.30. The van der Waals surface area contributed by atoms with Gasteiger partial charge in [-0.2, -0.15) is 0 Å². The molecule has 0 unspecified atom stereocenters. The summed E-state index contributed by atoms with van der Waals surface area (Å²) in [6.07, 6.45) is 0.442. The summed E-state index contributed by atoms with van der Waals surface area (Å²) >= 11 is 0. The van der Waals surface area contributed by atoms with Crippen molar-refractivity contribution >= 4 is 6.09 Å². The van der Waals surface area contributed by atoms with Gasteiger partial charge in [0.25, 0.3) is 0 Å². The first-order valence-electron chi connectivity index (χ1n) is 6.46. The summed E-state index contributed by atoms with van der Waals surface area (Å²) in [6, 6.07) is 6.42. The van der Waals surface area contributed by atoms with Crippen LogP contribution >= 0.6 is 0 Å². The Hall–Kier alpha value is -1.58. The predicted molar refractivity (Wildman–Crippen MR) is 71.5 cm³/mol. The Balaban J connectivity index is 1.96. The molecule has 1 aliphatic carbocycles. The largest absolute Gasteiger partial charge is 0.444 e. The molecule has 4 heteroatoms. The Morgan fingerprint density at radius 3 is 2.47 bits per heavy atom. The Morgan fingerprint density at radius 2 is 1.95 bits per heavy atom. The molecule has 1 fully saturated rings. The molecule has 0 radical (unpaired) electrons. The van der Waals surface area contributed by atoms with Crippen molar-refractivity contribution in [1.82, 2.24) is 5.32 Å². The van der Waals surface area contributed by atoms with E-state index in [2.05, 4.69) is 5.32 Å². The van der Waals surface area contributed by atoms with Crippen LogP contribution in [0.2, 0.25) is 0 Å². The van der Waals surface area contributed by atoms with Crippen molar-refractivity contribution in [3.8, 4) is 0 Å². The number of halogens is 1. The molecule has 104 valence electrons. The molecule has 1 aliphatic rings. The Kier molecular flexibility index (Phi) is 3.29. The topological polar surface area (TPSA) is 38.3 Å². The molecule has 0 aromatic heterocycles. The van der Waals surface area contributed by atoms with Crippen molar-refractivity contribution in [2.45, 2.75) is 51.2 Å². The van der Waals surface area contributed by atoms with E-state index in [1.807, 2.05) is 27.7 Å². The molecule has 1 amide bonds. The molecule has 1 aromatic carbocycles. The van der Waals surface area contributed by atoms with E-state index in [0.717, 1.165) is 12.0 Å². The maximum absolute atomic E-state index is 12.9. The van der Waals surface area contributed by atoms with E-state index in [4.69, 9.17) is 4.74 Å². The number of alkyl carbamates (subject to hydrolysis) is 1. The fourth-order valence-electron chi connectivity index (χ4n) is 2.22. The van der Waals surface area contributed by atoms with Gasteiger partial charge in [-0.3, -0.25) is 0 Å². The van der Waals surface area contributed by atoms with Gasteiger partial charge in [0.1, 0.15) is 11.4 Å². The second kappa shape index (κ2) is 4.51. The maximum Gasteiger partial charge on any atom is 0.408 e. The van der Waals surface area contributed by atoms with Crippen molar-refractivity contribution in [2.75, 3.05) is 0 Å². The quantitative estimate of drug-likeness (QED) is 0.887. The number of nitrogens with one attached hydrogen (secondary N) is 1. The van der Waals surface area contributed by atoms with Gasteiger partial charge in [-0.25, -0.2) is 9.18 Å². The van der Waals surface area contributed by atoms with Crippen molar-refractivity contribution in [1.29, 1.82) is 0 Å². The first-order chi connectivity index (χ1) is 8.70. The van der Waals surface area contributed by atoms with E-state index in [9.17, 15) is 9.18 Å². The first-order valence-corrected chi connectivity index (χ1v) is 6.46. The van der Waals surface area contributed by atoms with Crippen LogP contribution in [0.5, 0.6) is 0 Å². The van der Waals surface area contributed by atoms with Gasteiger partial charge in [-0.1, -0.05) is 12.1 Å². The van der Waals surface area contributed by atoms with Crippen LogP contribution < -0.4 is 5.32 Å². The zero-order chi connectivity index (χ0) is 14.3. The van der Waals surface area contributed by atoms with Gasteiger partial charge in [0.15, 0.2) is 0 Å². The summed E-state index contributed by atoms with van der Waals surface area (Å²) in [5.41, 5.74) is 0.251. The van der Waals surface area contributed by atoms with Gasteiger partial charge < -0.3 is 10.1 Å². The molecule has 19 heavy (non-hydrogen) atoms. The fourth-order valence-corrected chi connectivity index (χ4v) is 2.22. The summed E-state index contributed by atoms with van der Waals surface area (Å²) in [6.45, 7) is 7.47. The average molecular weight is 265 g/mol. The number of carbonyl (C=O) groups excluding carboxylic acids is 1. The van der Waals surface area contributed by atoms with Crippen LogP contribution in [0, 0.1) is 5.82 Å². The summed E-state index contributed by atoms with van der Waals surface area (Å²) in [5, 5.41) is 2.90. The van der Waals surface area contributed by atoms with Crippen LogP contribution in [0.3, 0.4) is 0 Å². The fraction of sp³-hybridized carbons (Fsp3) is 0.533.